The van der Waals surface area contributed by atoms with Gasteiger partial charge in [-0.25, -0.2) is 0 Å². The molecule has 3 heterocycles. The molecule has 1 N–H and O–H groups in total. The maximum atomic E-state index is 14.8. The molecule has 3 unspecified atom stereocenters. The van der Waals surface area contributed by atoms with Crippen LogP contribution in [0.4, 0.5) is 11.4 Å². The molecule has 5 rings (SSSR count). The second kappa shape index (κ2) is 15.0. The topological polar surface area (TPSA) is 90.4 Å². The first-order chi connectivity index (χ1) is 22.2. The lowest BCUT2D eigenvalue weighted by Crippen LogP contribution is -2.56. The summed E-state index contributed by atoms with van der Waals surface area (Å²) in [5.74, 6) is -1.10. The highest BCUT2D eigenvalue weighted by Gasteiger charge is 2.76. The molecule has 3 aliphatic rings. The molecule has 3 amide bonds. The predicted octanol–water partition coefficient (Wildman–Crippen LogP) is 6.10. The molecule has 0 aromatic heterocycles. The van der Waals surface area contributed by atoms with E-state index in [2.05, 4.69) is 29.1 Å². The molecule has 11 heteroatoms. The fourth-order valence-corrected chi connectivity index (χ4v) is 11.0. The van der Waals surface area contributed by atoms with Crippen molar-refractivity contribution in [3.8, 4) is 5.75 Å². The van der Waals surface area contributed by atoms with Crippen LogP contribution in [0.25, 0.3) is 0 Å². The van der Waals surface area contributed by atoms with Crippen LogP contribution in [0.15, 0.2) is 73.8 Å². The Kier molecular flexibility index (Phi) is 11.2. The van der Waals surface area contributed by atoms with Gasteiger partial charge in [-0.05, 0) is 81.1 Å². The maximum Gasteiger partial charge on any atom is 0.251 e. The first kappa shape index (κ1) is 34.5. The van der Waals surface area contributed by atoms with Crippen LogP contribution in [0.3, 0.4) is 0 Å². The molecule has 6 atom stereocenters. The number of fused-ring (bicyclic) bond motifs is 1. The molecule has 0 radical (unpaired) electrons. The number of aliphatic hydroxyl groups is 1. The summed E-state index contributed by atoms with van der Waals surface area (Å²) in [4.78, 5) is 49.0. The molecule has 0 saturated carbocycles. The largest absolute Gasteiger partial charge is 0.494 e. The number of hydrogen-bond acceptors (Lipinski definition) is 6. The van der Waals surface area contributed by atoms with Gasteiger partial charge in [0.15, 0.2) is 0 Å². The molecule has 0 aliphatic carbocycles. The van der Waals surface area contributed by atoms with Gasteiger partial charge in [0.05, 0.1) is 23.2 Å². The third-order valence-corrected chi connectivity index (χ3v) is 12.6. The Morgan fingerprint density at radius 2 is 1.65 bits per heavy atom. The van der Waals surface area contributed by atoms with Gasteiger partial charge >= 0.3 is 0 Å². The van der Waals surface area contributed by atoms with Crippen LogP contribution in [0.2, 0.25) is 5.02 Å². The van der Waals surface area contributed by atoms with Gasteiger partial charge in [0.1, 0.15) is 11.8 Å². The summed E-state index contributed by atoms with van der Waals surface area (Å²) in [5.41, 5.74) is 1.36. The van der Waals surface area contributed by atoms with Crippen molar-refractivity contribution < 1.29 is 24.2 Å². The van der Waals surface area contributed by atoms with E-state index in [1.54, 1.807) is 62.9 Å². The normalized spacial score (nSPS) is 26.1. The number of carbonyl (C=O) groups is 3. The molecule has 2 aromatic rings. The van der Waals surface area contributed by atoms with Gasteiger partial charge in [-0.1, -0.05) is 39.7 Å². The number of ether oxygens (including phenoxy) is 1. The molecule has 2 aromatic carbocycles. The number of nitrogens with zero attached hydrogens (tertiary/aromatic N) is 3. The number of rotatable bonds is 15. The number of carbonyl (C=O) groups excluding carboxylic acids is 3. The molecule has 3 saturated heterocycles. The number of benzene rings is 2. The summed E-state index contributed by atoms with van der Waals surface area (Å²) in [5, 5.41) is 9.74. The monoisotopic (exact) mass is 729 g/mol. The first-order valence-electron chi connectivity index (χ1n) is 15.8. The number of alkyl halides is 1. The van der Waals surface area contributed by atoms with Gasteiger partial charge < -0.3 is 24.5 Å². The zero-order valence-electron chi connectivity index (χ0n) is 26.0. The van der Waals surface area contributed by atoms with Gasteiger partial charge in [0.25, 0.3) is 5.91 Å². The smallest absolute Gasteiger partial charge is 0.251 e. The van der Waals surface area contributed by atoms with Crippen LogP contribution in [0.5, 0.6) is 5.75 Å². The Balaban J connectivity index is 1.54. The van der Waals surface area contributed by atoms with Crippen molar-refractivity contribution in [3.63, 3.8) is 0 Å². The number of aliphatic hydroxyl groups excluding tert-OH is 1. The highest BCUT2D eigenvalue weighted by molar-refractivity contribution is 9.09. The van der Waals surface area contributed by atoms with E-state index < -0.39 is 22.6 Å². The van der Waals surface area contributed by atoms with Crippen LogP contribution in [-0.2, 0) is 14.4 Å². The van der Waals surface area contributed by atoms with Crippen molar-refractivity contribution >= 4 is 68.4 Å². The summed E-state index contributed by atoms with van der Waals surface area (Å²) in [6.07, 6.45) is 5.91. The Morgan fingerprint density at radius 3 is 2.24 bits per heavy atom. The number of halogens is 2. The molecule has 246 valence electrons. The van der Waals surface area contributed by atoms with E-state index in [4.69, 9.17) is 16.3 Å². The van der Waals surface area contributed by atoms with Gasteiger partial charge in [0, 0.05) is 52.7 Å². The minimum absolute atomic E-state index is 0.0607. The fraction of sp³-hybridized carbons (Fsp3) is 0.457. The minimum atomic E-state index is -0.797. The van der Waals surface area contributed by atoms with Crippen LogP contribution in [0, 0.1) is 11.8 Å². The van der Waals surface area contributed by atoms with Crippen LogP contribution >= 0.6 is 39.3 Å². The lowest BCUT2D eigenvalue weighted by atomic mass is 9.70. The lowest BCUT2D eigenvalue weighted by molar-refractivity contribution is -0.139. The van der Waals surface area contributed by atoms with Gasteiger partial charge in [-0.2, -0.15) is 0 Å². The van der Waals surface area contributed by atoms with Crippen molar-refractivity contribution in [2.45, 2.75) is 53.5 Å². The molecule has 3 fully saturated rings. The highest BCUT2D eigenvalue weighted by Crippen LogP contribution is 2.68. The number of anilines is 2. The second-order valence-corrected chi connectivity index (χ2v) is 15.0. The van der Waals surface area contributed by atoms with E-state index in [0.29, 0.717) is 54.6 Å². The van der Waals surface area contributed by atoms with Crippen molar-refractivity contribution in [2.75, 3.05) is 42.6 Å². The molecule has 8 nitrogen and oxygen atoms in total. The lowest BCUT2D eigenvalue weighted by Gasteiger charge is -2.38. The van der Waals surface area contributed by atoms with Crippen LogP contribution in [0.1, 0.15) is 32.6 Å². The Hall–Kier alpha value is -2.79. The van der Waals surface area contributed by atoms with Crippen molar-refractivity contribution in [2.24, 2.45) is 11.8 Å². The number of amides is 3. The third-order valence-electron chi connectivity index (χ3n) is 9.12. The van der Waals surface area contributed by atoms with E-state index in [1.165, 1.54) is 0 Å². The fourth-order valence-electron chi connectivity index (χ4n) is 7.24. The molecular formula is C35H41BrClN3O5S. The second-order valence-electron chi connectivity index (χ2n) is 11.9. The number of thioether (sulfide) groups is 1. The summed E-state index contributed by atoms with van der Waals surface area (Å²) < 4.78 is 4.81. The average molecular weight is 731 g/mol. The first-order valence-corrected chi connectivity index (χ1v) is 18.0. The Bertz CT molecular complexity index is 1440. The number of unbranched alkanes of at least 4 members (excludes halogenated alkanes) is 2. The number of hydrogen-bond donors (Lipinski definition) is 1. The van der Waals surface area contributed by atoms with E-state index in [-0.39, 0.29) is 47.5 Å². The highest BCUT2D eigenvalue weighted by atomic mass is 79.9. The Morgan fingerprint density at radius 1 is 1.04 bits per heavy atom. The molecule has 3 aliphatic heterocycles. The summed E-state index contributed by atoms with van der Waals surface area (Å²) >= 11 is 11.7. The van der Waals surface area contributed by atoms with Crippen LogP contribution < -0.4 is 14.5 Å². The standard InChI is InChI=1S/C35H41BrClN3O5S/c1-4-18-38(25-14-16-26(17-15-25)45-6-3)32(42)28-29-33(43)40(20-8-7-9-21-41)31(35(29)22-27(36)30(28)46-35)34(44)39(19-5-2)24-12-10-23(37)11-13-24/h4-5,10-17,27-31,41H,1-2,6-9,18-22H2,3H3/t27?,28-,29-,30-,31?,35?/m0/s1. The number of likely N-dealkylation sites (tertiary alicyclic amines) is 1. The zero-order chi connectivity index (χ0) is 33.0. The van der Waals surface area contributed by atoms with E-state index in [1.807, 2.05) is 31.2 Å². The van der Waals surface area contributed by atoms with Crippen molar-refractivity contribution in [1.29, 1.82) is 0 Å². The van der Waals surface area contributed by atoms with Gasteiger partial charge in [0.2, 0.25) is 11.8 Å². The molecule has 1 spiro atoms. The van der Waals surface area contributed by atoms with Crippen molar-refractivity contribution in [3.05, 3.63) is 78.9 Å². The maximum absolute atomic E-state index is 14.8. The van der Waals surface area contributed by atoms with Crippen molar-refractivity contribution in [1.82, 2.24) is 4.90 Å². The third kappa shape index (κ3) is 6.38. The molecular weight excluding hydrogens is 690 g/mol. The van der Waals surface area contributed by atoms with Crippen LogP contribution in [-0.4, -0.2) is 81.4 Å². The van der Waals surface area contributed by atoms with E-state index in [9.17, 15) is 19.5 Å². The van der Waals surface area contributed by atoms with E-state index >= 15 is 0 Å². The SMILES string of the molecule is C=CCN(C(=O)C1N(CCCCCO)C(=O)[C@@H]2[C@H](C(=O)N(CC=C)c3ccc(OCC)cc3)[C@H]3SC12CC3Br)c1ccc(Cl)cc1. The average Bonchev–Trinajstić information content (AvgIpc) is 3.64. The molecule has 46 heavy (non-hydrogen) atoms. The summed E-state index contributed by atoms with van der Waals surface area (Å²) in [6, 6.07) is 13.7. The Labute approximate surface area is 288 Å². The van der Waals surface area contributed by atoms with Gasteiger partial charge in [-0.3, -0.25) is 14.4 Å². The minimum Gasteiger partial charge on any atom is -0.494 e. The summed E-state index contributed by atoms with van der Waals surface area (Å²) in [6.45, 7) is 11.2. The zero-order valence-corrected chi connectivity index (χ0v) is 29.2. The summed E-state index contributed by atoms with van der Waals surface area (Å²) in [7, 11) is 0. The van der Waals surface area contributed by atoms with E-state index in [0.717, 1.165) is 6.42 Å². The quantitative estimate of drug-likeness (QED) is 0.135. The molecule has 2 bridgehead atoms. The predicted molar refractivity (Wildman–Crippen MR) is 189 cm³/mol. The van der Waals surface area contributed by atoms with Gasteiger partial charge in [-0.15, -0.1) is 24.9 Å².